The van der Waals surface area contributed by atoms with Gasteiger partial charge < -0.3 is 15.0 Å². The Labute approximate surface area is 126 Å². The van der Waals surface area contributed by atoms with Crippen LogP contribution in [-0.4, -0.2) is 43.2 Å². The van der Waals surface area contributed by atoms with E-state index < -0.39 is 0 Å². The number of benzene rings is 1. The summed E-state index contributed by atoms with van der Waals surface area (Å²) in [6.07, 6.45) is 0.112. The van der Waals surface area contributed by atoms with Gasteiger partial charge in [0.1, 0.15) is 0 Å². The molecule has 3 rings (SSSR count). The van der Waals surface area contributed by atoms with E-state index >= 15 is 0 Å². The van der Waals surface area contributed by atoms with Crippen LogP contribution in [0, 0.1) is 11.8 Å². The first kappa shape index (κ1) is 14.5. The molecule has 3 unspecified atom stereocenters. The minimum absolute atomic E-state index is 0.0467. The standard InChI is InChI=1S/C17H24N2O2/c1-12-10-19(17(20)13(2)15-8-18-9-15)16(11-21-12)14-6-4-3-5-7-14/h3-7,12-13,15-16,18H,8-11H2,1-2H3. The van der Waals surface area contributed by atoms with Gasteiger partial charge in [0.2, 0.25) is 5.91 Å². The molecule has 1 aromatic rings. The SMILES string of the molecule is CC1CN(C(=O)C(C)C2CNC2)C(c2ccccc2)CO1. The maximum absolute atomic E-state index is 12.9. The minimum Gasteiger partial charge on any atom is -0.374 e. The van der Waals surface area contributed by atoms with E-state index in [0.717, 1.165) is 18.7 Å². The summed E-state index contributed by atoms with van der Waals surface area (Å²) in [5, 5.41) is 3.26. The molecule has 0 bridgehead atoms. The van der Waals surface area contributed by atoms with E-state index in [4.69, 9.17) is 4.74 Å². The van der Waals surface area contributed by atoms with Crippen molar-refractivity contribution in [3.05, 3.63) is 35.9 Å². The fraction of sp³-hybridized carbons (Fsp3) is 0.588. The molecule has 114 valence electrons. The molecule has 0 aliphatic carbocycles. The lowest BCUT2D eigenvalue weighted by Crippen LogP contribution is -2.54. The first-order valence-corrected chi connectivity index (χ1v) is 7.84. The van der Waals surface area contributed by atoms with Crippen molar-refractivity contribution >= 4 is 5.91 Å². The summed E-state index contributed by atoms with van der Waals surface area (Å²) >= 11 is 0. The highest BCUT2D eigenvalue weighted by atomic mass is 16.5. The zero-order chi connectivity index (χ0) is 14.8. The van der Waals surface area contributed by atoms with Crippen LogP contribution in [0.25, 0.3) is 0 Å². The van der Waals surface area contributed by atoms with Crippen LogP contribution in [0.4, 0.5) is 0 Å². The Morgan fingerprint density at radius 3 is 2.67 bits per heavy atom. The van der Waals surface area contributed by atoms with Crippen molar-refractivity contribution in [1.29, 1.82) is 0 Å². The number of hydrogen-bond acceptors (Lipinski definition) is 3. The average Bonchev–Trinajstić information content (AvgIpc) is 2.45. The van der Waals surface area contributed by atoms with Crippen LogP contribution in [0.15, 0.2) is 30.3 Å². The van der Waals surface area contributed by atoms with Gasteiger partial charge in [0.05, 0.1) is 18.8 Å². The third kappa shape index (κ3) is 2.97. The molecule has 2 aliphatic rings. The largest absolute Gasteiger partial charge is 0.374 e. The third-order valence-corrected chi connectivity index (χ3v) is 4.75. The molecule has 0 saturated carbocycles. The number of carbonyl (C=O) groups excluding carboxylic acids is 1. The summed E-state index contributed by atoms with van der Waals surface area (Å²) < 4.78 is 5.80. The maximum Gasteiger partial charge on any atom is 0.226 e. The van der Waals surface area contributed by atoms with Crippen molar-refractivity contribution in [3.8, 4) is 0 Å². The lowest BCUT2D eigenvalue weighted by molar-refractivity contribution is -0.150. The molecule has 2 aliphatic heterocycles. The monoisotopic (exact) mass is 288 g/mol. The van der Waals surface area contributed by atoms with Crippen molar-refractivity contribution in [3.63, 3.8) is 0 Å². The molecule has 2 saturated heterocycles. The number of nitrogens with zero attached hydrogens (tertiary/aromatic N) is 1. The van der Waals surface area contributed by atoms with Crippen LogP contribution in [-0.2, 0) is 9.53 Å². The fourth-order valence-electron chi connectivity index (χ4n) is 3.13. The molecule has 1 amide bonds. The lowest BCUT2D eigenvalue weighted by atomic mass is 9.87. The zero-order valence-electron chi connectivity index (χ0n) is 12.8. The second-order valence-corrected chi connectivity index (χ2v) is 6.27. The molecule has 4 nitrogen and oxygen atoms in total. The van der Waals surface area contributed by atoms with Crippen LogP contribution in [0.2, 0.25) is 0 Å². The van der Waals surface area contributed by atoms with Gasteiger partial charge in [0.15, 0.2) is 0 Å². The highest BCUT2D eigenvalue weighted by Gasteiger charge is 2.37. The van der Waals surface area contributed by atoms with E-state index in [9.17, 15) is 4.79 Å². The molecule has 0 spiro atoms. The smallest absolute Gasteiger partial charge is 0.226 e. The van der Waals surface area contributed by atoms with Gasteiger partial charge in [0.25, 0.3) is 0 Å². The molecule has 21 heavy (non-hydrogen) atoms. The predicted octanol–water partition coefficient (Wildman–Crippen LogP) is 1.83. The normalized spacial score (nSPS) is 28.0. The fourth-order valence-corrected chi connectivity index (χ4v) is 3.13. The second-order valence-electron chi connectivity index (χ2n) is 6.27. The second kappa shape index (κ2) is 6.16. The Morgan fingerprint density at radius 1 is 1.33 bits per heavy atom. The molecular formula is C17H24N2O2. The van der Waals surface area contributed by atoms with E-state index in [1.54, 1.807) is 0 Å². The number of rotatable bonds is 3. The molecule has 1 N–H and O–H groups in total. The Morgan fingerprint density at radius 2 is 2.05 bits per heavy atom. The van der Waals surface area contributed by atoms with Gasteiger partial charge >= 0.3 is 0 Å². The van der Waals surface area contributed by atoms with E-state index in [2.05, 4.69) is 24.4 Å². The third-order valence-electron chi connectivity index (χ3n) is 4.75. The molecule has 2 fully saturated rings. The summed E-state index contributed by atoms with van der Waals surface area (Å²) in [7, 11) is 0. The summed E-state index contributed by atoms with van der Waals surface area (Å²) in [5.74, 6) is 0.834. The molecule has 4 heteroatoms. The molecule has 3 atom stereocenters. The number of morpholine rings is 1. The van der Waals surface area contributed by atoms with Crippen LogP contribution < -0.4 is 5.32 Å². The average molecular weight is 288 g/mol. The van der Waals surface area contributed by atoms with Crippen LogP contribution >= 0.6 is 0 Å². The van der Waals surface area contributed by atoms with E-state index in [1.807, 2.05) is 30.0 Å². The first-order chi connectivity index (χ1) is 10.2. The van der Waals surface area contributed by atoms with E-state index in [0.29, 0.717) is 19.1 Å². The summed E-state index contributed by atoms with van der Waals surface area (Å²) in [4.78, 5) is 14.9. The van der Waals surface area contributed by atoms with Crippen molar-refractivity contribution in [2.45, 2.75) is 26.0 Å². The molecule has 0 aromatic heterocycles. The quantitative estimate of drug-likeness (QED) is 0.922. The van der Waals surface area contributed by atoms with Gasteiger partial charge in [0, 0.05) is 12.5 Å². The van der Waals surface area contributed by atoms with Crippen molar-refractivity contribution in [1.82, 2.24) is 10.2 Å². The van der Waals surface area contributed by atoms with Crippen molar-refractivity contribution < 1.29 is 9.53 Å². The van der Waals surface area contributed by atoms with Crippen LogP contribution in [0.5, 0.6) is 0 Å². The summed E-state index contributed by atoms with van der Waals surface area (Å²) in [6, 6.07) is 10.3. The predicted molar refractivity (Wildman–Crippen MR) is 81.8 cm³/mol. The van der Waals surface area contributed by atoms with Gasteiger partial charge in [-0.1, -0.05) is 37.3 Å². The number of carbonyl (C=O) groups is 1. The Hall–Kier alpha value is -1.39. The lowest BCUT2D eigenvalue weighted by Gasteiger charge is -2.42. The van der Waals surface area contributed by atoms with Crippen LogP contribution in [0.1, 0.15) is 25.5 Å². The molecular weight excluding hydrogens is 264 g/mol. The highest BCUT2D eigenvalue weighted by Crippen LogP contribution is 2.29. The van der Waals surface area contributed by atoms with Gasteiger partial charge in [-0.05, 0) is 31.5 Å². The summed E-state index contributed by atoms with van der Waals surface area (Å²) in [5.41, 5.74) is 1.16. The number of hydrogen-bond donors (Lipinski definition) is 1. The zero-order valence-corrected chi connectivity index (χ0v) is 12.8. The molecule has 2 heterocycles. The minimum atomic E-state index is 0.0467. The number of amides is 1. The Bertz CT molecular complexity index is 487. The van der Waals surface area contributed by atoms with Crippen LogP contribution in [0.3, 0.4) is 0 Å². The first-order valence-electron chi connectivity index (χ1n) is 7.84. The molecule has 1 aromatic carbocycles. The van der Waals surface area contributed by atoms with Crippen molar-refractivity contribution in [2.75, 3.05) is 26.2 Å². The van der Waals surface area contributed by atoms with Gasteiger partial charge in [-0.2, -0.15) is 0 Å². The maximum atomic E-state index is 12.9. The van der Waals surface area contributed by atoms with Gasteiger partial charge in [-0.15, -0.1) is 0 Å². The topological polar surface area (TPSA) is 41.6 Å². The number of ether oxygens (including phenoxy) is 1. The summed E-state index contributed by atoms with van der Waals surface area (Å²) in [6.45, 7) is 7.30. The Balaban J connectivity index is 1.79. The Kier molecular flexibility index (Phi) is 4.27. The van der Waals surface area contributed by atoms with Crippen molar-refractivity contribution in [2.24, 2.45) is 11.8 Å². The van der Waals surface area contributed by atoms with E-state index in [-0.39, 0.29) is 24.0 Å². The number of nitrogens with one attached hydrogen (secondary N) is 1. The highest BCUT2D eigenvalue weighted by molar-refractivity contribution is 5.79. The van der Waals surface area contributed by atoms with Gasteiger partial charge in [-0.3, -0.25) is 4.79 Å². The van der Waals surface area contributed by atoms with E-state index in [1.165, 1.54) is 0 Å². The van der Waals surface area contributed by atoms with Gasteiger partial charge in [-0.25, -0.2) is 0 Å². The molecule has 0 radical (unpaired) electrons.